The Bertz CT molecular complexity index is 690. The number of nitrogens with two attached hydrogens (primary N) is 1. The maximum Gasteiger partial charge on any atom is 0.409 e. The van der Waals surface area contributed by atoms with Crippen molar-refractivity contribution in [2.24, 2.45) is 0 Å². The molecule has 1 fully saturated rings. The third kappa shape index (κ3) is 2.63. The Morgan fingerprint density at radius 2 is 2.09 bits per heavy atom. The van der Waals surface area contributed by atoms with Crippen molar-refractivity contribution in [1.29, 1.82) is 0 Å². The highest BCUT2D eigenvalue weighted by Crippen LogP contribution is 2.21. The van der Waals surface area contributed by atoms with Crippen molar-refractivity contribution in [3.8, 4) is 0 Å². The number of hydrogen-bond acceptors (Lipinski definition) is 6. The van der Waals surface area contributed by atoms with Crippen LogP contribution in [-0.2, 0) is 4.74 Å². The number of nitrogens with zero attached hydrogens (tertiary/aromatic N) is 5. The standard InChI is InChI=1S/C14H20N6O2/c1-3-22-14(21)19-6-4-18(5-7-19)11-8-10(2)12-16-13(15)17-20(12)9-11/h8-9H,3-7H2,1-2H3,(H2,15,17). The molecule has 0 radical (unpaired) electrons. The van der Waals surface area contributed by atoms with Crippen molar-refractivity contribution in [1.82, 2.24) is 19.5 Å². The van der Waals surface area contributed by atoms with Gasteiger partial charge in [-0.2, -0.15) is 4.98 Å². The Hall–Kier alpha value is -2.51. The second kappa shape index (κ2) is 5.70. The monoisotopic (exact) mass is 304 g/mol. The first kappa shape index (κ1) is 14.4. The quantitative estimate of drug-likeness (QED) is 0.886. The smallest absolute Gasteiger partial charge is 0.409 e. The van der Waals surface area contributed by atoms with Crippen LogP contribution in [-0.4, -0.2) is 58.4 Å². The summed E-state index contributed by atoms with van der Waals surface area (Å²) in [5.74, 6) is 0.271. The molecule has 2 N–H and O–H groups in total. The summed E-state index contributed by atoms with van der Waals surface area (Å²) in [6.45, 7) is 7.02. The minimum Gasteiger partial charge on any atom is -0.450 e. The molecular formula is C14H20N6O2. The number of fused-ring (bicyclic) bond motifs is 1. The molecule has 2 aromatic rings. The second-order valence-electron chi connectivity index (χ2n) is 5.29. The fourth-order valence-electron chi connectivity index (χ4n) is 2.68. The lowest BCUT2D eigenvalue weighted by molar-refractivity contribution is 0.105. The van der Waals surface area contributed by atoms with E-state index in [1.807, 2.05) is 20.0 Å². The van der Waals surface area contributed by atoms with Crippen LogP contribution in [0.2, 0.25) is 0 Å². The summed E-state index contributed by atoms with van der Waals surface area (Å²) < 4.78 is 6.74. The van der Waals surface area contributed by atoms with Crippen molar-refractivity contribution >= 4 is 23.4 Å². The maximum atomic E-state index is 11.7. The third-order valence-electron chi connectivity index (χ3n) is 3.79. The molecule has 3 rings (SSSR count). The summed E-state index contributed by atoms with van der Waals surface area (Å²) in [5, 5.41) is 4.17. The molecule has 0 unspecified atom stereocenters. The molecule has 1 aliphatic heterocycles. The first-order valence-electron chi connectivity index (χ1n) is 7.37. The number of nitrogen functional groups attached to an aromatic ring is 1. The van der Waals surface area contributed by atoms with E-state index in [1.54, 1.807) is 9.42 Å². The van der Waals surface area contributed by atoms with Crippen LogP contribution in [0.15, 0.2) is 12.3 Å². The number of piperazine rings is 1. The van der Waals surface area contributed by atoms with E-state index in [0.29, 0.717) is 19.7 Å². The van der Waals surface area contributed by atoms with E-state index in [9.17, 15) is 4.79 Å². The largest absolute Gasteiger partial charge is 0.450 e. The highest BCUT2D eigenvalue weighted by molar-refractivity contribution is 5.68. The molecule has 1 saturated heterocycles. The van der Waals surface area contributed by atoms with Crippen molar-refractivity contribution < 1.29 is 9.53 Å². The van der Waals surface area contributed by atoms with E-state index in [2.05, 4.69) is 21.0 Å². The molecule has 3 heterocycles. The first-order valence-corrected chi connectivity index (χ1v) is 7.37. The van der Waals surface area contributed by atoms with Crippen molar-refractivity contribution in [3.05, 3.63) is 17.8 Å². The maximum absolute atomic E-state index is 11.7. The van der Waals surface area contributed by atoms with Gasteiger partial charge in [0.1, 0.15) is 0 Å². The van der Waals surface area contributed by atoms with E-state index in [4.69, 9.17) is 10.5 Å². The van der Waals surface area contributed by atoms with Gasteiger partial charge in [0.05, 0.1) is 18.5 Å². The number of amides is 1. The Labute approximate surface area is 128 Å². The van der Waals surface area contributed by atoms with Gasteiger partial charge in [-0.25, -0.2) is 9.31 Å². The van der Waals surface area contributed by atoms with Crippen LogP contribution in [0.1, 0.15) is 12.5 Å². The molecule has 0 spiro atoms. The molecule has 8 heteroatoms. The predicted molar refractivity (Wildman–Crippen MR) is 82.9 cm³/mol. The zero-order valence-electron chi connectivity index (χ0n) is 12.8. The second-order valence-corrected chi connectivity index (χ2v) is 5.29. The predicted octanol–water partition coefficient (Wildman–Crippen LogP) is 0.898. The van der Waals surface area contributed by atoms with Crippen LogP contribution in [0.25, 0.3) is 5.65 Å². The molecule has 0 bridgehead atoms. The normalized spacial score (nSPS) is 15.4. The highest BCUT2D eigenvalue weighted by Gasteiger charge is 2.22. The molecule has 0 aromatic carbocycles. The van der Waals surface area contributed by atoms with Gasteiger partial charge in [-0.1, -0.05) is 0 Å². The Kier molecular flexibility index (Phi) is 3.74. The highest BCUT2D eigenvalue weighted by atomic mass is 16.6. The Morgan fingerprint density at radius 3 is 2.77 bits per heavy atom. The summed E-state index contributed by atoms with van der Waals surface area (Å²) in [6.07, 6.45) is 1.68. The van der Waals surface area contributed by atoms with E-state index in [-0.39, 0.29) is 12.0 Å². The van der Waals surface area contributed by atoms with Gasteiger partial charge in [0.2, 0.25) is 5.95 Å². The topological polar surface area (TPSA) is 89.0 Å². The van der Waals surface area contributed by atoms with Gasteiger partial charge in [0.25, 0.3) is 0 Å². The molecule has 1 amide bonds. The molecule has 8 nitrogen and oxygen atoms in total. The summed E-state index contributed by atoms with van der Waals surface area (Å²) >= 11 is 0. The van der Waals surface area contributed by atoms with E-state index >= 15 is 0 Å². The number of hydrogen-bond donors (Lipinski definition) is 1. The van der Waals surface area contributed by atoms with Crippen molar-refractivity contribution in [2.45, 2.75) is 13.8 Å². The molecule has 22 heavy (non-hydrogen) atoms. The number of anilines is 2. The lowest BCUT2D eigenvalue weighted by Gasteiger charge is -2.35. The van der Waals surface area contributed by atoms with E-state index < -0.39 is 0 Å². The van der Waals surface area contributed by atoms with Crippen LogP contribution < -0.4 is 10.6 Å². The van der Waals surface area contributed by atoms with Crippen LogP contribution >= 0.6 is 0 Å². The number of carbonyl (C=O) groups is 1. The van der Waals surface area contributed by atoms with Gasteiger partial charge in [-0.3, -0.25) is 0 Å². The summed E-state index contributed by atoms with van der Waals surface area (Å²) in [6, 6.07) is 2.07. The molecule has 2 aromatic heterocycles. The summed E-state index contributed by atoms with van der Waals surface area (Å²) in [5.41, 5.74) is 8.50. The molecular weight excluding hydrogens is 284 g/mol. The molecule has 118 valence electrons. The minimum atomic E-state index is -0.238. The number of aryl methyl sites for hydroxylation is 1. The molecule has 1 aliphatic rings. The van der Waals surface area contributed by atoms with E-state index in [0.717, 1.165) is 30.0 Å². The fourth-order valence-corrected chi connectivity index (χ4v) is 2.68. The van der Waals surface area contributed by atoms with Gasteiger partial charge in [-0.15, -0.1) is 5.10 Å². The lowest BCUT2D eigenvalue weighted by Crippen LogP contribution is -2.49. The van der Waals surface area contributed by atoms with Gasteiger partial charge >= 0.3 is 6.09 Å². The fraction of sp³-hybridized carbons (Fsp3) is 0.500. The SMILES string of the molecule is CCOC(=O)N1CCN(c2cc(C)c3nc(N)nn3c2)CC1. The van der Waals surface area contributed by atoms with Crippen LogP contribution in [0.3, 0.4) is 0 Å². The minimum absolute atomic E-state index is 0.238. The Balaban J connectivity index is 1.75. The average Bonchev–Trinajstić information content (AvgIpc) is 2.89. The third-order valence-corrected chi connectivity index (χ3v) is 3.79. The van der Waals surface area contributed by atoms with Crippen molar-refractivity contribution in [3.63, 3.8) is 0 Å². The van der Waals surface area contributed by atoms with Gasteiger partial charge in [-0.05, 0) is 25.5 Å². The summed E-state index contributed by atoms with van der Waals surface area (Å²) in [7, 11) is 0. The van der Waals surface area contributed by atoms with Gasteiger partial charge in [0.15, 0.2) is 5.65 Å². The van der Waals surface area contributed by atoms with Crippen LogP contribution in [0.4, 0.5) is 16.4 Å². The average molecular weight is 304 g/mol. The van der Waals surface area contributed by atoms with Gasteiger partial charge < -0.3 is 20.3 Å². The Morgan fingerprint density at radius 1 is 1.36 bits per heavy atom. The number of ether oxygens (including phenoxy) is 1. The van der Waals surface area contributed by atoms with Crippen LogP contribution in [0.5, 0.6) is 0 Å². The first-order chi connectivity index (χ1) is 10.6. The zero-order valence-corrected chi connectivity index (χ0v) is 12.8. The number of pyridine rings is 1. The lowest BCUT2D eigenvalue weighted by atomic mass is 10.2. The molecule has 0 atom stereocenters. The number of aromatic nitrogens is 3. The van der Waals surface area contributed by atoms with Crippen molar-refractivity contribution in [2.75, 3.05) is 43.4 Å². The number of rotatable bonds is 2. The molecule has 0 saturated carbocycles. The zero-order chi connectivity index (χ0) is 15.7. The number of carbonyl (C=O) groups excluding carboxylic acids is 1. The van der Waals surface area contributed by atoms with E-state index in [1.165, 1.54) is 0 Å². The summed E-state index contributed by atoms with van der Waals surface area (Å²) in [4.78, 5) is 19.9. The van der Waals surface area contributed by atoms with Gasteiger partial charge in [0, 0.05) is 26.2 Å². The van der Waals surface area contributed by atoms with Crippen LogP contribution in [0, 0.1) is 6.92 Å². The molecule has 0 aliphatic carbocycles.